The molecule has 0 amide bonds. The molecule has 118 valence electrons. The van der Waals surface area contributed by atoms with Crippen LogP contribution < -0.4 is 19.8 Å². The van der Waals surface area contributed by atoms with Crippen LogP contribution in [-0.2, 0) is 0 Å². The largest absolute Gasteiger partial charge is 0.496 e. The summed E-state index contributed by atoms with van der Waals surface area (Å²) in [5.41, 5.74) is 1.09. The van der Waals surface area contributed by atoms with Crippen LogP contribution in [0.15, 0.2) is 51.7 Å². The van der Waals surface area contributed by atoms with Crippen molar-refractivity contribution in [3.63, 3.8) is 0 Å². The van der Waals surface area contributed by atoms with Gasteiger partial charge < -0.3 is 18.6 Å². The average Bonchev–Trinajstić information content (AvgIpc) is 2.60. The van der Waals surface area contributed by atoms with Crippen LogP contribution in [-0.4, -0.2) is 21.3 Å². The van der Waals surface area contributed by atoms with E-state index in [2.05, 4.69) is 0 Å². The van der Waals surface area contributed by atoms with Gasteiger partial charge in [-0.3, -0.25) is 0 Å². The molecule has 1 heterocycles. The molecule has 1 aromatic heterocycles. The maximum Gasteiger partial charge on any atom is 0.344 e. The second kappa shape index (κ2) is 6.04. The Morgan fingerprint density at radius 2 is 1.57 bits per heavy atom. The van der Waals surface area contributed by atoms with Crippen LogP contribution in [0, 0.1) is 0 Å². The summed E-state index contributed by atoms with van der Waals surface area (Å²) in [5, 5.41) is 0.642. The van der Waals surface area contributed by atoms with Crippen molar-refractivity contribution in [1.82, 2.24) is 0 Å². The standard InChI is InChI=1S/C18H16O5/c1-20-14-10-15(21-2)17(22-3)16-13(14)9-12(18(19)23-16)11-7-5-4-6-8-11/h4-10H,1-3H3. The van der Waals surface area contributed by atoms with E-state index in [9.17, 15) is 4.79 Å². The van der Waals surface area contributed by atoms with Gasteiger partial charge in [0.25, 0.3) is 0 Å². The predicted molar refractivity (Wildman–Crippen MR) is 87.6 cm³/mol. The van der Waals surface area contributed by atoms with Crippen LogP contribution in [0.25, 0.3) is 22.1 Å². The van der Waals surface area contributed by atoms with Gasteiger partial charge in [0.15, 0.2) is 11.3 Å². The summed E-state index contributed by atoms with van der Waals surface area (Å²) in [6.45, 7) is 0. The molecule has 3 aromatic rings. The lowest BCUT2D eigenvalue weighted by molar-refractivity contribution is 0.347. The van der Waals surface area contributed by atoms with Crippen molar-refractivity contribution < 1.29 is 18.6 Å². The molecule has 5 nitrogen and oxygen atoms in total. The van der Waals surface area contributed by atoms with Gasteiger partial charge >= 0.3 is 5.63 Å². The zero-order chi connectivity index (χ0) is 16.4. The molecule has 0 saturated heterocycles. The zero-order valence-electron chi connectivity index (χ0n) is 13.1. The fourth-order valence-corrected chi connectivity index (χ4v) is 2.53. The summed E-state index contributed by atoms with van der Waals surface area (Å²) >= 11 is 0. The summed E-state index contributed by atoms with van der Waals surface area (Å²) in [4.78, 5) is 12.4. The smallest absolute Gasteiger partial charge is 0.344 e. The fourth-order valence-electron chi connectivity index (χ4n) is 2.53. The Bertz CT molecular complexity index is 897. The number of fused-ring (bicyclic) bond motifs is 1. The van der Waals surface area contributed by atoms with Gasteiger partial charge in [-0.25, -0.2) is 4.79 Å². The van der Waals surface area contributed by atoms with Crippen molar-refractivity contribution in [2.75, 3.05) is 21.3 Å². The van der Waals surface area contributed by atoms with E-state index in [1.807, 2.05) is 30.3 Å². The number of ether oxygens (including phenoxy) is 3. The Morgan fingerprint density at radius 3 is 2.17 bits per heavy atom. The first kappa shape index (κ1) is 15.0. The van der Waals surface area contributed by atoms with E-state index in [4.69, 9.17) is 18.6 Å². The molecule has 0 aliphatic rings. The van der Waals surface area contributed by atoms with Gasteiger partial charge in [0.1, 0.15) is 5.75 Å². The molecule has 0 fully saturated rings. The molecule has 0 aliphatic heterocycles. The van der Waals surface area contributed by atoms with Crippen molar-refractivity contribution in [3.8, 4) is 28.4 Å². The Labute approximate surface area is 133 Å². The summed E-state index contributed by atoms with van der Waals surface area (Å²) < 4.78 is 21.5. The van der Waals surface area contributed by atoms with E-state index < -0.39 is 5.63 Å². The van der Waals surface area contributed by atoms with Crippen molar-refractivity contribution in [2.24, 2.45) is 0 Å². The zero-order valence-corrected chi connectivity index (χ0v) is 13.1. The number of rotatable bonds is 4. The first-order valence-corrected chi connectivity index (χ1v) is 7.01. The first-order valence-electron chi connectivity index (χ1n) is 7.01. The van der Waals surface area contributed by atoms with Crippen LogP contribution in [0.3, 0.4) is 0 Å². The fraction of sp³-hybridized carbons (Fsp3) is 0.167. The van der Waals surface area contributed by atoms with Gasteiger partial charge in [-0.05, 0) is 11.6 Å². The van der Waals surface area contributed by atoms with E-state index >= 15 is 0 Å². The van der Waals surface area contributed by atoms with Crippen LogP contribution in [0.1, 0.15) is 0 Å². The third kappa shape index (κ3) is 2.50. The van der Waals surface area contributed by atoms with Crippen LogP contribution in [0.4, 0.5) is 0 Å². The number of methoxy groups -OCH3 is 3. The van der Waals surface area contributed by atoms with Crippen molar-refractivity contribution in [1.29, 1.82) is 0 Å². The molecular formula is C18H16O5. The van der Waals surface area contributed by atoms with Gasteiger partial charge in [-0.15, -0.1) is 0 Å². The molecule has 23 heavy (non-hydrogen) atoms. The molecule has 5 heteroatoms. The Hall–Kier alpha value is -2.95. The summed E-state index contributed by atoms with van der Waals surface area (Å²) in [7, 11) is 4.56. The molecule has 0 saturated carbocycles. The Balaban J connectivity index is 2.38. The highest BCUT2D eigenvalue weighted by Crippen LogP contribution is 2.41. The summed E-state index contributed by atoms with van der Waals surface area (Å²) in [6, 6.07) is 12.8. The van der Waals surface area contributed by atoms with E-state index in [-0.39, 0.29) is 0 Å². The van der Waals surface area contributed by atoms with Gasteiger partial charge in [0.05, 0.1) is 32.3 Å². The lowest BCUT2D eigenvalue weighted by atomic mass is 10.1. The van der Waals surface area contributed by atoms with Crippen molar-refractivity contribution >= 4 is 11.0 Å². The third-order valence-electron chi connectivity index (χ3n) is 3.63. The highest BCUT2D eigenvalue weighted by molar-refractivity contribution is 5.93. The summed E-state index contributed by atoms with van der Waals surface area (Å²) in [5.74, 6) is 1.34. The molecule has 0 spiro atoms. The molecule has 0 aliphatic carbocycles. The van der Waals surface area contributed by atoms with E-state index in [0.717, 1.165) is 5.56 Å². The van der Waals surface area contributed by atoms with Crippen molar-refractivity contribution in [2.45, 2.75) is 0 Å². The number of hydrogen-bond donors (Lipinski definition) is 0. The molecular weight excluding hydrogens is 296 g/mol. The minimum Gasteiger partial charge on any atom is -0.496 e. The highest BCUT2D eigenvalue weighted by Gasteiger charge is 2.19. The van der Waals surface area contributed by atoms with E-state index in [1.54, 1.807) is 19.2 Å². The molecule has 3 rings (SSSR count). The van der Waals surface area contributed by atoms with E-state index in [0.29, 0.717) is 33.8 Å². The number of hydrogen-bond acceptors (Lipinski definition) is 5. The van der Waals surface area contributed by atoms with Gasteiger partial charge in [0, 0.05) is 6.07 Å². The van der Waals surface area contributed by atoms with Gasteiger partial charge in [-0.2, -0.15) is 0 Å². The minimum absolute atomic E-state index is 0.299. The lowest BCUT2D eigenvalue weighted by Crippen LogP contribution is -2.04. The SMILES string of the molecule is COc1cc(OC)c2cc(-c3ccccc3)c(=O)oc2c1OC. The third-order valence-corrected chi connectivity index (χ3v) is 3.63. The lowest BCUT2D eigenvalue weighted by Gasteiger charge is -2.13. The maximum absolute atomic E-state index is 12.4. The first-order chi connectivity index (χ1) is 11.2. The summed E-state index contributed by atoms with van der Waals surface area (Å²) in [6.07, 6.45) is 0. The van der Waals surface area contributed by atoms with Crippen LogP contribution in [0.5, 0.6) is 17.2 Å². The molecule has 0 radical (unpaired) electrons. The molecule has 0 N–H and O–H groups in total. The number of benzene rings is 2. The molecule has 0 bridgehead atoms. The normalized spacial score (nSPS) is 10.6. The predicted octanol–water partition coefficient (Wildman–Crippen LogP) is 3.49. The topological polar surface area (TPSA) is 57.9 Å². The van der Waals surface area contributed by atoms with E-state index in [1.165, 1.54) is 14.2 Å². The van der Waals surface area contributed by atoms with Crippen molar-refractivity contribution in [3.05, 3.63) is 52.9 Å². The molecule has 0 unspecified atom stereocenters. The average molecular weight is 312 g/mol. The second-order valence-corrected chi connectivity index (χ2v) is 4.87. The monoisotopic (exact) mass is 312 g/mol. The highest BCUT2D eigenvalue weighted by atomic mass is 16.5. The minimum atomic E-state index is -0.447. The molecule has 2 aromatic carbocycles. The molecule has 0 atom stereocenters. The van der Waals surface area contributed by atoms with Crippen LogP contribution >= 0.6 is 0 Å². The quantitative estimate of drug-likeness (QED) is 0.690. The Morgan fingerprint density at radius 1 is 0.870 bits per heavy atom. The maximum atomic E-state index is 12.4. The van der Waals surface area contributed by atoms with Crippen LogP contribution in [0.2, 0.25) is 0 Å². The van der Waals surface area contributed by atoms with Gasteiger partial charge in [0.2, 0.25) is 5.75 Å². The van der Waals surface area contributed by atoms with Gasteiger partial charge in [-0.1, -0.05) is 30.3 Å². The second-order valence-electron chi connectivity index (χ2n) is 4.87. The Kier molecular flexibility index (Phi) is 3.93.